The van der Waals surface area contributed by atoms with Crippen molar-refractivity contribution < 1.29 is 61.5 Å². The Balaban J connectivity index is 1.70. The molecule has 2 saturated heterocycles. The van der Waals surface area contributed by atoms with Gasteiger partial charge in [-0.3, -0.25) is 19.2 Å². The number of nitrogens with zero attached hydrogens (tertiary/aromatic N) is 1. The van der Waals surface area contributed by atoms with Crippen LogP contribution >= 0.6 is 0 Å². The van der Waals surface area contributed by atoms with Crippen LogP contribution in [0.15, 0.2) is 47.6 Å². The molecule has 0 aromatic heterocycles. The second-order valence-electron chi connectivity index (χ2n) is 19.5. The van der Waals surface area contributed by atoms with Crippen molar-refractivity contribution in [3.8, 4) is 0 Å². The molecule has 0 spiro atoms. The van der Waals surface area contributed by atoms with Gasteiger partial charge in [-0.15, -0.1) is 0 Å². The first-order valence-corrected chi connectivity index (χ1v) is 23.8. The van der Waals surface area contributed by atoms with E-state index in [2.05, 4.69) is 0 Å². The van der Waals surface area contributed by atoms with Crippen LogP contribution in [0.25, 0.3) is 0 Å². The van der Waals surface area contributed by atoms with Gasteiger partial charge in [0.25, 0.3) is 17.5 Å². The number of halogens is 2. The Morgan fingerprint density at radius 1 is 0.877 bits per heavy atom. The molecule has 65 heavy (non-hydrogen) atoms. The topological polar surface area (TPSA) is 155 Å². The fourth-order valence-electron chi connectivity index (χ4n) is 10.1. The third kappa shape index (κ3) is 14.3. The molecule has 2 bridgehead atoms. The van der Waals surface area contributed by atoms with Gasteiger partial charge in [0.15, 0.2) is 18.1 Å². The number of allylic oxidation sites excluding steroid dienone is 6. The van der Waals surface area contributed by atoms with E-state index in [0.29, 0.717) is 51.4 Å². The summed E-state index contributed by atoms with van der Waals surface area (Å²) in [6.45, 7) is 12.2. The van der Waals surface area contributed by atoms with E-state index in [0.717, 1.165) is 10.5 Å². The fourth-order valence-corrected chi connectivity index (χ4v) is 10.1. The van der Waals surface area contributed by atoms with Gasteiger partial charge in [0, 0.05) is 58.5 Å². The molecule has 4 rings (SSSR count). The van der Waals surface area contributed by atoms with Crippen LogP contribution in [0.1, 0.15) is 126 Å². The summed E-state index contributed by atoms with van der Waals surface area (Å²) in [6.07, 6.45) is 9.11. The van der Waals surface area contributed by atoms with E-state index in [1.807, 2.05) is 51.2 Å². The van der Waals surface area contributed by atoms with Crippen LogP contribution in [-0.4, -0.2) is 122 Å². The Morgan fingerprint density at radius 3 is 2.28 bits per heavy atom. The van der Waals surface area contributed by atoms with Crippen LogP contribution in [0.3, 0.4) is 0 Å². The lowest BCUT2D eigenvalue weighted by molar-refractivity contribution is -0.231. The molecular weight excluding hydrogens is 841 g/mol. The number of hydrogen-bond acceptors (Lipinski definition) is 11. The van der Waals surface area contributed by atoms with Crippen molar-refractivity contribution in [2.45, 2.75) is 180 Å². The summed E-state index contributed by atoms with van der Waals surface area (Å²) in [5, 5.41) is 10.5. The van der Waals surface area contributed by atoms with Gasteiger partial charge in [-0.05, 0) is 107 Å². The number of carbonyl (C=O) groups excluding carboxylic acids is 5. The van der Waals surface area contributed by atoms with Crippen molar-refractivity contribution >= 4 is 29.2 Å². The lowest BCUT2D eigenvalue weighted by Crippen LogP contribution is -2.59. The quantitative estimate of drug-likeness (QED) is 0.156. The molecule has 3 unspecified atom stereocenters. The molecule has 1 amide bonds. The summed E-state index contributed by atoms with van der Waals surface area (Å²) >= 11 is 0. The van der Waals surface area contributed by atoms with Gasteiger partial charge < -0.3 is 33.7 Å². The van der Waals surface area contributed by atoms with Gasteiger partial charge in [0.05, 0.1) is 24.4 Å². The number of carbonyl (C=O) groups is 5. The highest BCUT2D eigenvalue weighted by molar-refractivity contribution is 6.39. The van der Waals surface area contributed by atoms with Crippen molar-refractivity contribution in [1.29, 1.82) is 0 Å². The van der Waals surface area contributed by atoms with Crippen molar-refractivity contribution in [2.75, 3.05) is 27.9 Å². The lowest BCUT2D eigenvalue weighted by Gasteiger charge is -2.41. The van der Waals surface area contributed by atoms with Crippen molar-refractivity contribution in [3.05, 3.63) is 47.6 Å². The molecule has 3 fully saturated rings. The van der Waals surface area contributed by atoms with Gasteiger partial charge >= 0.3 is 5.97 Å². The Morgan fingerprint density at radius 2 is 1.60 bits per heavy atom. The minimum atomic E-state index is -2.94. The highest BCUT2D eigenvalue weighted by Crippen LogP contribution is 2.40. The number of esters is 1. The van der Waals surface area contributed by atoms with E-state index in [-0.39, 0.29) is 73.2 Å². The van der Waals surface area contributed by atoms with Crippen LogP contribution in [0.4, 0.5) is 8.78 Å². The summed E-state index contributed by atoms with van der Waals surface area (Å²) < 4.78 is 62.1. The number of aliphatic hydroxyl groups is 1. The third-order valence-electron chi connectivity index (χ3n) is 14.4. The Bertz CT molecular complexity index is 1760. The van der Waals surface area contributed by atoms with Gasteiger partial charge in [-0.2, -0.15) is 0 Å². The summed E-state index contributed by atoms with van der Waals surface area (Å²) in [6, 6.07) is -1.21. The second-order valence-corrected chi connectivity index (χ2v) is 19.5. The number of ketones is 3. The smallest absolute Gasteiger partial charge is 0.329 e. The molecule has 3 heterocycles. The lowest BCUT2D eigenvalue weighted by atomic mass is 9.78. The van der Waals surface area contributed by atoms with Gasteiger partial charge in [-0.25, -0.2) is 13.6 Å². The zero-order valence-electron chi connectivity index (χ0n) is 40.5. The molecule has 0 aromatic carbocycles. The molecule has 15 atom stereocenters. The largest absolute Gasteiger partial charge is 0.460 e. The maximum Gasteiger partial charge on any atom is 0.329 e. The Kier molecular flexibility index (Phi) is 20.9. The van der Waals surface area contributed by atoms with E-state index in [1.54, 1.807) is 21.0 Å². The highest BCUT2D eigenvalue weighted by atomic mass is 19.2. The minimum absolute atomic E-state index is 0.0206. The molecule has 14 heteroatoms. The first-order chi connectivity index (χ1) is 30.7. The average Bonchev–Trinajstić information content (AvgIpc) is 3.28. The molecule has 366 valence electrons. The number of alkyl halides is 2. The van der Waals surface area contributed by atoms with Crippen LogP contribution in [-0.2, 0) is 47.7 Å². The van der Waals surface area contributed by atoms with Crippen LogP contribution in [0, 0.1) is 35.5 Å². The van der Waals surface area contributed by atoms with Gasteiger partial charge in [0.2, 0.25) is 0 Å². The molecule has 0 radical (unpaired) electrons. The summed E-state index contributed by atoms with van der Waals surface area (Å²) in [7, 11) is 4.38. The Hall–Kier alpha value is -3.43. The average molecular weight is 918 g/mol. The SMILES string of the molecule is CO[C@H]1C[C@@H]2CC[C@@H](C)C(F)(O2)C(=O)C(=O)N2CCCCC2C(=O)O[C@H]([C@H](C)C[C@@H]2CC[C@@H](O)[C@H](OC)C2)CC(=O)[C@H](C)/C=C(\C)C(F)[C@@H](OC)C(=O)[C@H](C)C[C@H](C)/C=C/C=C/C=C/1C. The van der Waals surface area contributed by atoms with Crippen LogP contribution < -0.4 is 0 Å². The number of Topliss-reactive ketones (excluding diaryl/α,β-unsaturated/α-hetero) is 3. The maximum absolute atomic E-state index is 17.0. The second kappa shape index (κ2) is 25.1. The normalized spacial score (nSPS) is 40.4. The van der Waals surface area contributed by atoms with Crippen molar-refractivity contribution in [2.24, 2.45) is 35.5 Å². The zero-order valence-corrected chi connectivity index (χ0v) is 40.5. The maximum atomic E-state index is 17.0. The number of methoxy groups -OCH3 is 3. The first-order valence-electron chi connectivity index (χ1n) is 23.8. The summed E-state index contributed by atoms with van der Waals surface area (Å²) in [5.41, 5.74) is 0.981. The monoisotopic (exact) mass is 918 g/mol. The van der Waals surface area contributed by atoms with E-state index >= 15 is 8.78 Å². The number of ether oxygens (including phenoxy) is 5. The Labute approximate surface area is 385 Å². The molecule has 1 saturated carbocycles. The summed E-state index contributed by atoms with van der Waals surface area (Å²) in [4.78, 5) is 71.3. The minimum Gasteiger partial charge on any atom is -0.460 e. The highest BCUT2D eigenvalue weighted by Gasteiger charge is 2.55. The number of cyclic esters (lactones) is 1. The fraction of sp³-hybridized carbons (Fsp3) is 0.745. The number of amides is 1. The van der Waals surface area contributed by atoms with Crippen LogP contribution in [0.2, 0.25) is 0 Å². The molecule has 4 aliphatic rings. The molecule has 3 aliphatic heterocycles. The molecule has 1 aliphatic carbocycles. The van der Waals surface area contributed by atoms with E-state index < -0.39 is 84.0 Å². The van der Waals surface area contributed by atoms with Crippen molar-refractivity contribution in [1.82, 2.24) is 4.90 Å². The summed E-state index contributed by atoms with van der Waals surface area (Å²) in [5.74, 6) is -9.64. The number of fused-ring (bicyclic) bond motifs is 3. The molecule has 12 nitrogen and oxygen atoms in total. The molecular formula is C51H77F2NO11. The number of aliphatic hydroxyl groups excluding tert-OH is 1. The predicted molar refractivity (Wildman–Crippen MR) is 243 cm³/mol. The van der Waals surface area contributed by atoms with E-state index in [1.165, 1.54) is 34.1 Å². The van der Waals surface area contributed by atoms with Gasteiger partial charge in [-0.1, -0.05) is 71.1 Å². The van der Waals surface area contributed by atoms with E-state index in [4.69, 9.17) is 23.7 Å². The zero-order chi connectivity index (χ0) is 48.2. The molecule has 1 N–H and O–H groups in total. The third-order valence-corrected chi connectivity index (χ3v) is 14.4. The standard InChI is InChI=1S/C51H77F2NO11/c1-30-16-12-11-13-17-31(2)42(61-8)28-38-21-19-36(7)51(53,65-38)48(58)49(59)54-23-15-14-18-39(54)50(60)64-43(33(4)26-37-20-22-40(55)44(27-37)62-9)29-41(56)32(3)25-34(5)45(52)47(63-10)46(57)35(6)24-30/h11-13,16-17,25,30,32-33,35-40,42-45,47,55H,14-15,18-24,26-29H2,1-10H3/b13-11+,16-12+,31-17+,34-25+/t30-,32-,33-,35-,36-,37+,38+,39?,40-,42+,43+,44-,45?,47-,51?/m1/s1. The number of piperidine rings is 1. The predicted octanol–water partition coefficient (Wildman–Crippen LogP) is 8.14. The van der Waals surface area contributed by atoms with Crippen LogP contribution in [0.5, 0.6) is 0 Å². The first kappa shape index (κ1) is 54.2. The van der Waals surface area contributed by atoms with Gasteiger partial charge in [0.1, 0.15) is 17.9 Å². The van der Waals surface area contributed by atoms with Crippen molar-refractivity contribution in [3.63, 3.8) is 0 Å². The number of rotatable bonds is 6. The van der Waals surface area contributed by atoms with E-state index in [9.17, 15) is 29.1 Å². The molecule has 0 aromatic rings. The number of hydrogen-bond donors (Lipinski definition) is 1.